The number of carbonyl (C=O) groups excluding carboxylic acids is 1. The van der Waals surface area contributed by atoms with Gasteiger partial charge in [-0.3, -0.25) is 9.78 Å². The highest BCUT2D eigenvalue weighted by atomic mass is 16.1. The zero-order chi connectivity index (χ0) is 11.5. The van der Waals surface area contributed by atoms with Gasteiger partial charge in [-0.25, -0.2) is 0 Å². The lowest BCUT2D eigenvalue weighted by Gasteiger charge is -2.16. The van der Waals surface area contributed by atoms with E-state index < -0.39 is 0 Å². The zero-order valence-electron chi connectivity index (χ0n) is 10.0. The average Bonchev–Trinajstić information content (AvgIpc) is 2.12. The van der Waals surface area contributed by atoms with Crippen molar-refractivity contribution in [3.63, 3.8) is 0 Å². The number of rotatable bonds is 3. The molecule has 0 aliphatic carbocycles. The van der Waals surface area contributed by atoms with Crippen molar-refractivity contribution >= 4 is 5.78 Å². The highest BCUT2D eigenvalue weighted by molar-refractivity contribution is 5.83. The molecule has 15 heavy (non-hydrogen) atoms. The minimum absolute atomic E-state index is 0.232. The lowest BCUT2D eigenvalue weighted by molar-refractivity contribution is -0.126. The van der Waals surface area contributed by atoms with Crippen molar-refractivity contribution in [2.24, 2.45) is 5.41 Å². The molecule has 0 atom stereocenters. The first-order valence-corrected chi connectivity index (χ1v) is 5.35. The normalized spacial score (nSPS) is 11.5. The third kappa shape index (κ3) is 3.82. The van der Waals surface area contributed by atoms with Crippen molar-refractivity contribution in [2.75, 3.05) is 0 Å². The van der Waals surface area contributed by atoms with Crippen LogP contribution in [0.4, 0.5) is 0 Å². The number of nitrogens with zero attached hydrogens (tertiary/aromatic N) is 1. The monoisotopic (exact) mass is 205 g/mol. The average molecular weight is 205 g/mol. The number of ketones is 1. The van der Waals surface area contributed by atoms with Crippen LogP contribution >= 0.6 is 0 Å². The van der Waals surface area contributed by atoms with E-state index in [0.29, 0.717) is 12.2 Å². The van der Waals surface area contributed by atoms with Gasteiger partial charge in [-0.15, -0.1) is 0 Å². The summed E-state index contributed by atoms with van der Waals surface area (Å²) in [5, 5.41) is 0. The molecular weight excluding hydrogens is 186 g/mol. The number of hydrogen-bond donors (Lipinski definition) is 0. The molecule has 1 rings (SSSR count). The van der Waals surface area contributed by atoms with E-state index in [1.54, 1.807) is 0 Å². The molecule has 0 aromatic carbocycles. The minimum Gasteiger partial charge on any atom is -0.299 e. The van der Waals surface area contributed by atoms with Crippen molar-refractivity contribution in [3.8, 4) is 0 Å². The van der Waals surface area contributed by atoms with Crippen LogP contribution in [-0.4, -0.2) is 10.8 Å². The number of pyridine rings is 1. The van der Waals surface area contributed by atoms with E-state index in [4.69, 9.17) is 0 Å². The van der Waals surface area contributed by atoms with Gasteiger partial charge in [0.15, 0.2) is 0 Å². The fraction of sp³-hybridized carbons (Fsp3) is 0.538. The second kappa shape index (κ2) is 4.56. The van der Waals surface area contributed by atoms with Gasteiger partial charge in [0.25, 0.3) is 0 Å². The molecule has 0 aliphatic heterocycles. The van der Waals surface area contributed by atoms with Crippen molar-refractivity contribution in [1.29, 1.82) is 0 Å². The lowest BCUT2D eigenvalue weighted by Crippen LogP contribution is -2.20. The van der Waals surface area contributed by atoms with Gasteiger partial charge >= 0.3 is 0 Å². The first kappa shape index (κ1) is 11.9. The summed E-state index contributed by atoms with van der Waals surface area (Å²) in [6, 6.07) is 5.93. The van der Waals surface area contributed by atoms with Crippen LogP contribution in [0.25, 0.3) is 0 Å². The summed E-state index contributed by atoms with van der Waals surface area (Å²) in [7, 11) is 0. The molecule has 0 radical (unpaired) electrons. The molecule has 0 saturated carbocycles. The Labute approximate surface area is 91.7 Å². The molecule has 0 aliphatic rings. The van der Waals surface area contributed by atoms with Gasteiger partial charge in [-0.2, -0.15) is 0 Å². The third-order valence-corrected chi connectivity index (χ3v) is 2.39. The minimum atomic E-state index is -0.232. The maximum absolute atomic E-state index is 11.7. The molecule has 0 saturated heterocycles. The SMILES string of the molecule is Cc1cccc(CCC(=O)C(C)(C)C)n1. The number of hydrogen-bond acceptors (Lipinski definition) is 2. The fourth-order valence-corrected chi connectivity index (χ4v) is 1.36. The van der Waals surface area contributed by atoms with Gasteiger partial charge in [0.05, 0.1) is 0 Å². The number of carbonyl (C=O) groups is 1. The van der Waals surface area contributed by atoms with Crippen LogP contribution in [0.15, 0.2) is 18.2 Å². The predicted octanol–water partition coefficient (Wildman–Crippen LogP) is 2.94. The second-order valence-corrected chi connectivity index (χ2v) is 4.94. The maximum atomic E-state index is 11.7. The number of Topliss-reactive ketones (excluding diaryl/α,β-unsaturated/α-hetero) is 1. The molecule has 1 heterocycles. The standard InChI is InChI=1S/C13H19NO/c1-10-6-5-7-11(14-10)8-9-12(15)13(2,3)4/h5-7H,8-9H2,1-4H3. The third-order valence-electron chi connectivity index (χ3n) is 2.39. The molecule has 0 bridgehead atoms. The molecule has 0 unspecified atom stereocenters. The van der Waals surface area contributed by atoms with Crippen LogP contribution in [0, 0.1) is 12.3 Å². The zero-order valence-corrected chi connectivity index (χ0v) is 10.0. The van der Waals surface area contributed by atoms with E-state index in [9.17, 15) is 4.79 Å². The van der Waals surface area contributed by atoms with E-state index in [-0.39, 0.29) is 5.41 Å². The highest BCUT2D eigenvalue weighted by Gasteiger charge is 2.20. The Morgan fingerprint density at radius 1 is 1.33 bits per heavy atom. The molecule has 0 fully saturated rings. The summed E-state index contributed by atoms with van der Waals surface area (Å²) in [4.78, 5) is 16.1. The summed E-state index contributed by atoms with van der Waals surface area (Å²) in [6.45, 7) is 7.84. The van der Waals surface area contributed by atoms with E-state index in [0.717, 1.165) is 17.8 Å². The molecule has 1 aromatic heterocycles. The first-order valence-electron chi connectivity index (χ1n) is 5.35. The summed E-state index contributed by atoms with van der Waals surface area (Å²) >= 11 is 0. The van der Waals surface area contributed by atoms with Crippen LogP contribution < -0.4 is 0 Å². The molecule has 0 spiro atoms. The summed E-state index contributed by atoms with van der Waals surface area (Å²) in [5.74, 6) is 0.297. The van der Waals surface area contributed by atoms with Crippen molar-refractivity contribution in [2.45, 2.75) is 40.5 Å². The number of aromatic nitrogens is 1. The van der Waals surface area contributed by atoms with E-state index in [2.05, 4.69) is 4.98 Å². The number of aryl methyl sites for hydroxylation is 2. The summed E-state index contributed by atoms with van der Waals surface area (Å²) in [6.07, 6.45) is 1.33. The maximum Gasteiger partial charge on any atom is 0.138 e. The van der Waals surface area contributed by atoms with Crippen molar-refractivity contribution in [1.82, 2.24) is 4.98 Å². The van der Waals surface area contributed by atoms with Crippen molar-refractivity contribution in [3.05, 3.63) is 29.6 Å². The Morgan fingerprint density at radius 3 is 2.53 bits per heavy atom. The molecule has 2 nitrogen and oxygen atoms in total. The fourth-order valence-electron chi connectivity index (χ4n) is 1.36. The topological polar surface area (TPSA) is 30.0 Å². The van der Waals surface area contributed by atoms with Gasteiger partial charge in [0, 0.05) is 23.2 Å². The van der Waals surface area contributed by atoms with Gasteiger partial charge in [0.2, 0.25) is 0 Å². The van der Waals surface area contributed by atoms with E-state index in [1.807, 2.05) is 45.9 Å². The van der Waals surface area contributed by atoms with Crippen LogP contribution in [0.2, 0.25) is 0 Å². The van der Waals surface area contributed by atoms with E-state index in [1.165, 1.54) is 0 Å². The Bertz CT molecular complexity index is 350. The van der Waals surface area contributed by atoms with Crippen molar-refractivity contribution < 1.29 is 4.79 Å². The molecule has 82 valence electrons. The largest absolute Gasteiger partial charge is 0.299 e. The Morgan fingerprint density at radius 2 is 2.00 bits per heavy atom. The molecular formula is C13H19NO. The van der Waals surface area contributed by atoms with Gasteiger partial charge in [0.1, 0.15) is 5.78 Å². The summed E-state index contributed by atoms with van der Waals surface area (Å²) < 4.78 is 0. The van der Waals surface area contributed by atoms with Gasteiger partial charge < -0.3 is 0 Å². The smallest absolute Gasteiger partial charge is 0.138 e. The van der Waals surface area contributed by atoms with Crippen LogP contribution in [0.1, 0.15) is 38.6 Å². The van der Waals surface area contributed by atoms with Crippen LogP contribution in [0.3, 0.4) is 0 Å². The van der Waals surface area contributed by atoms with Gasteiger partial charge in [-0.1, -0.05) is 26.8 Å². The van der Waals surface area contributed by atoms with Gasteiger partial charge in [-0.05, 0) is 25.5 Å². The molecule has 2 heteroatoms. The molecule has 1 aromatic rings. The molecule has 0 N–H and O–H groups in total. The Hall–Kier alpha value is -1.18. The van der Waals surface area contributed by atoms with Crippen LogP contribution in [-0.2, 0) is 11.2 Å². The Balaban J connectivity index is 2.55. The Kier molecular flexibility index (Phi) is 3.61. The highest BCUT2D eigenvalue weighted by Crippen LogP contribution is 2.17. The predicted molar refractivity (Wildman–Crippen MR) is 61.8 cm³/mol. The summed E-state index contributed by atoms with van der Waals surface area (Å²) in [5.41, 5.74) is 1.78. The second-order valence-electron chi connectivity index (χ2n) is 4.94. The van der Waals surface area contributed by atoms with E-state index >= 15 is 0 Å². The molecule has 0 amide bonds. The van der Waals surface area contributed by atoms with Crippen LogP contribution in [0.5, 0.6) is 0 Å². The quantitative estimate of drug-likeness (QED) is 0.759. The lowest BCUT2D eigenvalue weighted by atomic mass is 9.88. The first-order chi connectivity index (χ1) is 6.89.